The third-order valence-corrected chi connectivity index (χ3v) is 5.61. The van der Waals surface area contributed by atoms with Crippen molar-refractivity contribution in [3.63, 3.8) is 0 Å². The molecule has 1 atom stereocenters. The first-order valence-corrected chi connectivity index (χ1v) is 11.4. The number of hydrogen-bond acceptors (Lipinski definition) is 6. The molecule has 3 aromatic carbocycles. The van der Waals surface area contributed by atoms with Gasteiger partial charge in [-0.1, -0.05) is 60.7 Å². The van der Waals surface area contributed by atoms with E-state index >= 15 is 0 Å². The molecule has 0 saturated heterocycles. The van der Waals surface area contributed by atoms with E-state index < -0.39 is 28.2 Å². The molecule has 9 nitrogen and oxygen atoms in total. The number of ether oxygens (including phenoxy) is 2. The van der Waals surface area contributed by atoms with Crippen LogP contribution in [0.4, 0.5) is 16.2 Å². The number of nitrogens with one attached hydrogen (secondary N) is 1. The van der Waals surface area contributed by atoms with Gasteiger partial charge < -0.3 is 14.4 Å². The normalized spacial score (nSPS) is 17.0. The van der Waals surface area contributed by atoms with Crippen molar-refractivity contribution in [2.75, 3.05) is 4.90 Å². The molecule has 0 radical (unpaired) electrons. The van der Waals surface area contributed by atoms with E-state index in [0.717, 1.165) is 5.56 Å². The summed E-state index contributed by atoms with van der Waals surface area (Å²) in [5.74, 6) is -0.531. The van der Waals surface area contributed by atoms with Crippen LogP contribution in [0, 0.1) is 10.1 Å². The van der Waals surface area contributed by atoms with Gasteiger partial charge in [0.25, 0.3) is 17.3 Å². The number of hydrogen-bond donors (Lipinski definition) is 1. The summed E-state index contributed by atoms with van der Waals surface area (Å²) in [4.78, 5) is 39.5. The van der Waals surface area contributed by atoms with Crippen molar-refractivity contribution in [3.05, 3.63) is 106 Å². The number of alkyl carbamates (subject to hydrolysis) is 1. The molecular weight excluding hydrogens is 462 g/mol. The van der Waals surface area contributed by atoms with Gasteiger partial charge in [-0.2, -0.15) is 0 Å². The van der Waals surface area contributed by atoms with Crippen LogP contribution < -0.4 is 10.2 Å². The van der Waals surface area contributed by atoms with E-state index in [1.165, 1.54) is 11.0 Å². The number of rotatable bonds is 7. The monoisotopic (exact) mass is 489 g/mol. The lowest BCUT2D eigenvalue weighted by Crippen LogP contribution is -2.55. The van der Waals surface area contributed by atoms with Crippen LogP contribution in [-0.4, -0.2) is 22.5 Å². The molecule has 1 heterocycles. The molecule has 1 aliphatic rings. The highest BCUT2D eigenvalue weighted by Gasteiger charge is 2.54. The summed E-state index contributed by atoms with van der Waals surface area (Å²) in [5, 5.41) is 14.2. The van der Waals surface area contributed by atoms with Gasteiger partial charge in [0.2, 0.25) is 0 Å². The molecule has 0 saturated carbocycles. The molecule has 0 unspecified atom stereocenters. The first-order chi connectivity index (χ1) is 17.1. The number of amides is 2. The Hall–Kier alpha value is -4.24. The largest absolute Gasteiger partial charge is 0.444 e. The summed E-state index contributed by atoms with van der Waals surface area (Å²) in [6.45, 7) is 5.06. The Labute approximate surface area is 208 Å². The van der Waals surface area contributed by atoms with Crippen molar-refractivity contribution in [3.8, 4) is 0 Å². The molecule has 4 rings (SSSR count). The summed E-state index contributed by atoms with van der Waals surface area (Å²) in [7, 11) is 0. The number of benzene rings is 3. The van der Waals surface area contributed by atoms with Crippen molar-refractivity contribution >= 4 is 23.4 Å². The third kappa shape index (κ3) is 5.06. The van der Waals surface area contributed by atoms with Gasteiger partial charge in [-0.25, -0.2) is 4.79 Å². The van der Waals surface area contributed by atoms with Crippen molar-refractivity contribution in [2.45, 2.75) is 45.2 Å². The zero-order chi connectivity index (χ0) is 25.9. The Morgan fingerprint density at radius 3 is 2.33 bits per heavy atom. The molecule has 1 aliphatic heterocycles. The second-order valence-electron chi connectivity index (χ2n) is 9.38. The standard InChI is InChI=1S/C27H27N3O6/c1-26(2,3)36-25(32)28-27(35-18-20-13-7-9-15-22(20)30(33)34)21-14-8-10-16-23(21)29(24(27)31)17-19-11-5-4-6-12-19/h4-16H,17-18H2,1-3H3,(H,28,32)/t27-/m1/s1. The maximum atomic E-state index is 14.0. The first kappa shape index (κ1) is 24.9. The Morgan fingerprint density at radius 2 is 1.64 bits per heavy atom. The molecule has 9 heteroatoms. The second-order valence-corrected chi connectivity index (χ2v) is 9.38. The van der Waals surface area contributed by atoms with Gasteiger partial charge in [-0.05, 0) is 38.5 Å². The van der Waals surface area contributed by atoms with Gasteiger partial charge in [0.15, 0.2) is 0 Å². The van der Waals surface area contributed by atoms with E-state index in [2.05, 4.69) is 5.32 Å². The summed E-state index contributed by atoms with van der Waals surface area (Å²) < 4.78 is 11.6. The van der Waals surface area contributed by atoms with Crippen molar-refractivity contribution in [2.24, 2.45) is 0 Å². The van der Waals surface area contributed by atoms with Gasteiger partial charge >= 0.3 is 6.09 Å². The summed E-state index contributed by atoms with van der Waals surface area (Å²) in [6.07, 6.45) is -0.852. The lowest BCUT2D eigenvalue weighted by Gasteiger charge is -2.31. The van der Waals surface area contributed by atoms with Crippen LogP contribution in [-0.2, 0) is 33.1 Å². The number of carbonyl (C=O) groups is 2. The van der Waals surface area contributed by atoms with Crippen molar-refractivity contribution in [1.29, 1.82) is 0 Å². The molecule has 3 aromatic rings. The maximum Gasteiger partial charge on any atom is 0.410 e. The molecule has 36 heavy (non-hydrogen) atoms. The van der Waals surface area contributed by atoms with Crippen molar-refractivity contribution in [1.82, 2.24) is 5.32 Å². The highest BCUT2D eigenvalue weighted by molar-refractivity contribution is 6.08. The highest BCUT2D eigenvalue weighted by atomic mass is 16.6. The molecule has 0 bridgehead atoms. The predicted octanol–water partition coefficient (Wildman–Crippen LogP) is 5.04. The lowest BCUT2D eigenvalue weighted by atomic mass is 10.0. The number of nitro benzene ring substituents is 1. The fourth-order valence-corrected chi connectivity index (χ4v) is 4.09. The second kappa shape index (κ2) is 9.79. The summed E-state index contributed by atoms with van der Waals surface area (Å²) in [5.41, 5.74) is -0.802. The van der Waals surface area contributed by atoms with Crippen LogP contribution in [0.25, 0.3) is 0 Å². The Morgan fingerprint density at radius 1 is 1.00 bits per heavy atom. The molecule has 0 spiro atoms. The van der Waals surface area contributed by atoms with Crippen LogP contribution >= 0.6 is 0 Å². The third-order valence-electron chi connectivity index (χ3n) is 5.61. The average molecular weight is 490 g/mol. The molecule has 0 aromatic heterocycles. The first-order valence-electron chi connectivity index (χ1n) is 11.4. The summed E-state index contributed by atoms with van der Waals surface area (Å²) in [6, 6.07) is 22.5. The lowest BCUT2D eigenvalue weighted by molar-refractivity contribution is -0.386. The number of para-hydroxylation sites is 2. The van der Waals surface area contributed by atoms with E-state index in [4.69, 9.17) is 9.47 Å². The minimum Gasteiger partial charge on any atom is -0.444 e. The number of carbonyl (C=O) groups excluding carboxylic acids is 2. The van der Waals surface area contributed by atoms with E-state index in [1.807, 2.05) is 30.3 Å². The highest BCUT2D eigenvalue weighted by Crippen LogP contribution is 2.43. The van der Waals surface area contributed by atoms with E-state index in [-0.39, 0.29) is 24.4 Å². The van der Waals surface area contributed by atoms with E-state index in [0.29, 0.717) is 11.3 Å². The summed E-state index contributed by atoms with van der Waals surface area (Å²) >= 11 is 0. The quantitative estimate of drug-likeness (QED) is 0.283. The van der Waals surface area contributed by atoms with Crippen LogP contribution in [0.15, 0.2) is 78.9 Å². The molecule has 1 N–H and O–H groups in total. The molecule has 0 fully saturated rings. The number of fused-ring (bicyclic) bond motifs is 1. The van der Waals surface area contributed by atoms with Gasteiger partial charge in [-0.3, -0.25) is 20.2 Å². The average Bonchev–Trinajstić information content (AvgIpc) is 3.05. The minimum atomic E-state index is -1.95. The van der Waals surface area contributed by atoms with Gasteiger partial charge in [0.05, 0.1) is 29.3 Å². The molecule has 2 amide bonds. The smallest absolute Gasteiger partial charge is 0.410 e. The Balaban J connectivity index is 1.76. The topological polar surface area (TPSA) is 111 Å². The van der Waals surface area contributed by atoms with Crippen LogP contribution in [0.1, 0.15) is 37.5 Å². The Bertz CT molecular complexity index is 1290. The zero-order valence-corrected chi connectivity index (χ0v) is 20.3. The minimum absolute atomic E-state index is 0.148. The number of anilines is 1. The molecule has 186 valence electrons. The van der Waals surface area contributed by atoms with Crippen LogP contribution in [0.5, 0.6) is 0 Å². The van der Waals surface area contributed by atoms with Gasteiger partial charge in [0, 0.05) is 11.6 Å². The fraction of sp³-hybridized carbons (Fsp3) is 0.259. The zero-order valence-electron chi connectivity index (χ0n) is 20.3. The van der Waals surface area contributed by atoms with Crippen molar-refractivity contribution < 1.29 is 24.0 Å². The molecule has 0 aliphatic carbocycles. The Kier molecular flexibility index (Phi) is 6.76. The number of nitrogens with zero attached hydrogens (tertiary/aromatic N) is 2. The van der Waals surface area contributed by atoms with Crippen LogP contribution in [0.2, 0.25) is 0 Å². The molecular formula is C27H27N3O6. The SMILES string of the molecule is CC(C)(C)OC(=O)N[C@]1(OCc2ccccc2[N+](=O)[O-])C(=O)N(Cc2ccccc2)c2ccccc21. The predicted molar refractivity (Wildman–Crippen MR) is 133 cm³/mol. The van der Waals surface area contributed by atoms with Crippen LogP contribution in [0.3, 0.4) is 0 Å². The fourth-order valence-electron chi connectivity index (χ4n) is 4.09. The van der Waals surface area contributed by atoms with E-state index in [1.54, 1.807) is 63.2 Å². The maximum absolute atomic E-state index is 14.0. The number of nitro groups is 1. The van der Waals surface area contributed by atoms with Gasteiger partial charge in [0.1, 0.15) is 5.60 Å². The van der Waals surface area contributed by atoms with E-state index in [9.17, 15) is 19.7 Å². The van der Waals surface area contributed by atoms with Gasteiger partial charge in [-0.15, -0.1) is 0 Å².